The van der Waals surface area contributed by atoms with Crippen molar-refractivity contribution < 1.29 is 23.7 Å². The Balaban J connectivity index is 3.32. The van der Waals surface area contributed by atoms with Crippen LogP contribution in [0.4, 0.5) is 0 Å². The van der Waals surface area contributed by atoms with Crippen LogP contribution in [0.25, 0.3) is 0 Å². The highest BCUT2D eigenvalue weighted by Gasteiger charge is 2.19. The minimum Gasteiger partial charge on any atom is -0.371 e. The van der Waals surface area contributed by atoms with Crippen molar-refractivity contribution >= 4 is 13.8 Å². The Morgan fingerprint density at radius 3 is 2.06 bits per heavy atom. The van der Waals surface area contributed by atoms with Crippen molar-refractivity contribution in [3.8, 4) is 0 Å². The third-order valence-electron chi connectivity index (χ3n) is 2.21. The number of carbonyl (C=O) groups is 1. The fourth-order valence-electron chi connectivity index (χ4n) is 1.40. The number of hydrogen-bond acceptors (Lipinski definition) is 3. The van der Waals surface area contributed by atoms with E-state index in [0.717, 1.165) is 19.3 Å². The number of rotatable bonds is 9. The van der Waals surface area contributed by atoms with Gasteiger partial charge in [0.15, 0.2) is 0 Å². The van der Waals surface area contributed by atoms with Gasteiger partial charge in [-0.05, 0) is 6.42 Å². The molecule has 0 radical (unpaired) electrons. The Bertz CT molecular complexity index is 235. The highest BCUT2D eigenvalue weighted by Crippen LogP contribution is 2.36. The van der Waals surface area contributed by atoms with Crippen molar-refractivity contribution in [3.63, 3.8) is 0 Å². The molecule has 0 bridgehead atoms. The van der Waals surface area contributed by atoms with Crippen molar-refractivity contribution in [2.75, 3.05) is 0 Å². The van der Waals surface area contributed by atoms with Gasteiger partial charge >= 0.3 is 13.8 Å². The molecule has 0 heterocycles. The van der Waals surface area contributed by atoms with E-state index in [4.69, 9.17) is 9.79 Å². The molecule has 5 nitrogen and oxygen atoms in total. The largest absolute Gasteiger partial charge is 0.526 e. The van der Waals surface area contributed by atoms with E-state index in [1.807, 2.05) is 0 Å². The summed E-state index contributed by atoms with van der Waals surface area (Å²) < 4.78 is 14.2. The molecule has 0 aliphatic carbocycles. The van der Waals surface area contributed by atoms with Crippen molar-refractivity contribution in [3.05, 3.63) is 0 Å². The highest BCUT2D eigenvalue weighted by molar-refractivity contribution is 7.46. The lowest BCUT2D eigenvalue weighted by molar-refractivity contribution is -0.135. The van der Waals surface area contributed by atoms with Crippen molar-refractivity contribution in [2.45, 2.75) is 58.3 Å². The second-order valence-corrected chi connectivity index (χ2v) is 4.99. The number of phosphoric acid groups is 1. The molecule has 0 spiro atoms. The predicted molar refractivity (Wildman–Crippen MR) is 60.7 cm³/mol. The van der Waals surface area contributed by atoms with Gasteiger partial charge in [0.05, 0.1) is 0 Å². The van der Waals surface area contributed by atoms with Gasteiger partial charge in [0, 0.05) is 6.42 Å². The van der Waals surface area contributed by atoms with E-state index in [1.165, 1.54) is 19.3 Å². The summed E-state index contributed by atoms with van der Waals surface area (Å²) in [7, 11) is -4.64. The van der Waals surface area contributed by atoms with Gasteiger partial charge in [-0.3, -0.25) is 14.6 Å². The van der Waals surface area contributed by atoms with E-state index in [-0.39, 0.29) is 6.42 Å². The molecule has 0 atom stereocenters. The third-order valence-corrected chi connectivity index (χ3v) is 2.65. The number of carbonyl (C=O) groups excluding carboxylic acids is 1. The first-order valence-corrected chi connectivity index (χ1v) is 7.26. The lowest BCUT2D eigenvalue weighted by atomic mass is 10.1. The summed E-state index contributed by atoms with van der Waals surface area (Å²) in [6, 6.07) is 0. The first kappa shape index (κ1) is 15.6. The molecule has 0 aromatic rings. The molecule has 0 unspecified atom stereocenters. The Kier molecular flexibility index (Phi) is 8.53. The minimum absolute atomic E-state index is 0.0822. The van der Waals surface area contributed by atoms with E-state index < -0.39 is 13.8 Å². The van der Waals surface area contributed by atoms with Crippen LogP contribution in [-0.4, -0.2) is 15.8 Å². The normalized spacial score (nSPS) is 11.4. The Hall–Kier alpha value is -0.380. The summed E-state index contributed by atoms with van der Waals surface area (Å²) in [6.45, 7) is 2.15. The van der Waals surface area contributed by atoms with Crippen molar-refractivity contribution in [1.82, 2.24) is 0 Å². The smallest absolute Gasteiger partial charge is 0.371 e. The Labute approximate surface area is 96.4 Å². The van der Waals surface area contributed by atoms with Gasteiger partial charge in [-0.2, -0.15) is 0 Å². The number of hydrogen-bond donors (Lipinski definition) is 2. The quantitative estimate of drug-likeness (QED) is 0.487. The van der Waals surface area contributed by atoms with E-state index in [9.17, 15) is 9.36 Å². The molecule has 0 aliphatic heterocycles. The van der Waals surface area contributed by atoms with Gasteiger partial charge in [0.2, 0.25) is 0 Å². The van der Waals surface area contributed by atoms with Crippen molar-refractivity contribution in [2.24, 2.45) is 0 Å². The highest BCUT2D eigenvalue weighted by atomic mass is 31.2. The third kappa shape index (κ3) is 11.7. The predicted octanol–water partition coefficient (Wildman–Crippen LogP) is 2.76. The number of unbranched alkanes of at least 4 members (excludes halogenated alkanes) is 6. The Morgan fingerprint density at radius 1 is 1.06 bits per heavy atom. The van der Waals surface area contributed by atoms with Crippen LogP contribution in [0.2, 0.25) is 0 Å². The van der Waals surface area contributed by atoms with Crippen LogP contribution in [0.15, 0.2) is 0 Å². The van der Waals surface area contributed by atoms with E-state index >= 15 is 0 Å². The van der Waals surface area contributed by atoms with Crippen LogP contribution in [0.5, 0.6) is 0 Å². The summed E-state index contributed by atoms with van der Waals surface area (Å²) in [4.78, 5) is 27.6. The van der Waals surface area contributed by atoms with Gasteiger partial charge in [0.1, 0.15) is 0 Å². The summed E-state index contributed by atoms with van der Waals surface area (Å²) in [5.41, 5.74) is 0. The topological polar surface area (TPSA) is 83.8 Å². The Morgan fingerprint density at radius 2 is 1.56 bits per heavy atom. The van der Waals surface area contributed by atoms with Crippen LogP contribution >= 0.6 is 7.82 Å². The summed E-state index contributed by atoms with van der Waals surface area (Å²) >= 11 is 0. The van der Waals surface area contributed by atoms with E-state index in [1.54, 1.807) is 0 Å². The molecule has 0 aromatic heterocycles. The van der Waals surface area contributed by atoms with Gasteiger partial charge in [-0.25, -0.2) is 4.57 Å². The van der Waals surface area contributed by atoms with E-state index in [0.29, 0.717) is 6.42 Å². The molecule has 0 fully saturated rings. The number of phosphoric ester groups is 1. The molecule has 0 saturated heterocycles. The van der Waals surface area contributed by atoms with Crippen LogP contribution < -0.4 is 0 Å². The molecule has 96 valence electrons. The van der Waals surface area contributed by atoms with Gasteiger partial charge in [-0.1, -0.05) is 45.4 Å². The second-order valence-electron chi connectivity index (χ2n) is 3.83. The average molecular weight is 252 g/mol. The lowest BCUT2D eigenvalue weighted by Gasteiger charge is -2.04. The maximum Gasteiger partial charge on any atom is 0.526 e. The molecule has 0 saturated carbocycles. The second kappa shape index (κ2) is 8.74. The van der Waals surface area contributed by atoms with Gasteiger partial charge in [-0.15, -0.1) is 0 Å². The molecule has 16 heavy (non-hydrogen) atoms. The minimum atomic E-state index is -4.64. The summed E-state index contributed by atoms with van der Waals surface area (Å²) in [5.74, 6) is -0.818. The van der Waals surface area contributed by atoms with Crippen LogP contribution in [0, 0.1) is 0 Å². The average Bonchev–Trinajstić information content (AvgIpc) is 2.13. The van der Waals surface area contributed by atoms with Crippen LogP contribution in [-0.2, 0) is 13.9 Å². The monoisotopic (exact) mass is 252 g/mol. The van der Waals surface area contributed by atoms with E-state index in [2.05, 4.69) is 11.4 Å². The lowest BCUT2D eigenvalue weighted by Crippen LogP contribution is -2.01. The molecule has 0 rings (SSSR count). The SMILES string of the molecule is CCCCCCCCCC(=O)OP(=O)(O)O. The molecule has 0 aliphatic rings. The fourth-order valence-corrected chi connectivity index (χ4v) is 1.76. The fraction of sp³-hybridized carbons (Fsp3) is 0.900. The molecule has 0 aromatic carbocycles. The maximum atomic E-state index is 10.9. The van der Waals surface area contributed by atoms with Crippen molar-refractivity contribution in [1.29, 1.82) is 0 Å². The summed E-state index contributed by atoms with van der Waals surface area (Å²) in [5, 5.41) is 0. The zero-order chi connectivity index (χ0) is 12.4. The first-order chi connectivity index (χ1) is 7.45. The molecular weight excluding hydrogens is 231 g/mol. The first-order valence-electron chi connectivity index (χ1n) is 5.73. The zero-order valence-electron chi connectivity index (χ0n) is 9.72. The molecular formula is C10H21O5P. The van der Waals surface area contributed by atoms with Gasteiger partial charge in [0.25, 0.3) is 0 Å². The molecule has 0 amide bonds. The summed E-state index contributed by atoms with van der Waals surface area (Å²) in [6.07, 6.45) is 7.48. The van der Waals surface area contributed by atoms with Crippen LogP contribution in [0.3, 0.4) is 0 Å². The zero-order valence-corrected chi connectivity index (χ0v) is 10.6. The van der Waals surface area contributed by atoms with Crippen LogP contribution in [0.1, 0.15) is 58.3 Å². The standard InChI is InChI=1S/C10H21O5P/c1-2-3-4-5-6-7-8-9-10(11)15-16(12,13)14/h2-9H2,1H3,(H2,12,13,14). The van der Waals surface area contributed by atoms with Gasteiger partial charge < -0.3 is 4.52 Å². The maximum absolute atomic E-state index is 10.9. The molecule has 2 N–H and O–H groups in total. The molecule has 6 heteroatoms.